The molecule has 4 heteroatoms. The first kappa shape index (κ1) is 13.8. The van der Waals surface area contributed by atoms with Crippen molar-refractivity contribution in [3.05, 3.63) is 60.0 Å². The van der Waals surface area contributed by atoms with E-state index >= 15 is 0 Å². The van der Waals surface area contributed by atoms with E-state index in [0.717, 1.165) is 24.5 Å². The predicted octanol–water partition coefficient (Wildman–Crippen LogP) is 6.04. The van der Waals surface area contributed by atoms with Crippen LogP contribution in [-0.4, -0.2) is 4.57 Å². The summed E-state index contributed by atoms with van der Waals surface area (Å²) in [6, 6.07) is 18.2. The SMILES string of the molecule is CCCn1c(N=Nc2ccccc2)ccc1-c1cccs1. The molecular formula is C17H17N3S. The highest BCUT2D eigenvalue weighted by atomic mass is 32.1. The van der Waals surface area contributed by atoms with E-state index in [1.54, 1.807) is 11.3 Å². The fourth-order valence-corrected chi connectivity index (χ4v) is 3.01. The predicted molar refractivity (Wildman–Crippen MR) is 88.7 cm³/mol. The topological polar surface area (TPSA) is 29.6 Å². The quantitative estimate of drug-likeness (QED) is 0.513. The van der Waals surface area contributed by atoms with E-state index in [-0.39, 0.29) is 0 Å². The number of benzene rings is 1. The zero-order valence-corrected chi connectivity index (χ0v) is 12.8. The highest BCUT2D eigenvalue weighted by molar-refractivity contribution is 7.13. The summed E-state index contributed by atoms with van der Waals surface area (Å²) in [5.41, 5.74) is 2.09. The molecule has 0 N–H and O–H groups in total. The lowest BCUT2D eigenvalue weighted by Crippen LogP contribution is -1.97. The van der Waals surface area contributed by atoms with Crippen LogP contribution in [-0.2, 0) is 6.54 Å². The van der Waals surface area contributed by atoms with Gasteiger partial charge < -0.3 is 4.57 Å². The third kappa shape index (κ3) is 3.11. The minimum Gasteiger partial charge on any atom is -0.324 e. The van der Waals surface area contributed by atoms with Gasteiger partial charge in [0.25, 0.3) is 0 Å². The number of hydrogen-bond donors (Lipinski definition) is 0. The fraction of sp³-hybridized carbons (Fsp3) is 0.176. The highest BCUT2D eigenvalue weighted by Crippen LogP contribution is 2.31. The summed E-state index contributed by atoms with van der Waals surface area (Å²) in [7, 11) is 0. The van der Waals surface area contributed by atoms with E-state index in [1.807, 2.05) is 36.4 Å². The molecule has 1 aromatic carbocycles. The lowest BCUT2D eigenvalue weighted by molar-refractivity contribution is 0.690. The smallest absolute Gasteiger partial charge is 0.155 e. The number of azo groups is 1. The second-order valence-corrected chi connectivity index (χ2v) is 5.69. The standard InChI is InChI=1S/C17H17N3S/c1-2-12-20-15(16-9-6-13-21-16)10-11-17(20)19-18-14-7-4-3-5-8-14/h3-11,13H,2,12H2,1H3. The molecule has 0 saturated carbocycles. The second kappa shape index (κ2) is 6.50. The first-order valence-corrected chi connectivity index (χ1v) is 7.96. The monoisotopic (exact) mass is 295 g/mol. The molecule has 0 saturated heterocycles. The van der Waals surface area contributed by atoms with E-state index in [1.165, 1.54) is 10.6 Å². The molecule has 0 atom stereocenters. The van der Waals surface area contributed by atoms with Crippen LogP contribution >= 0.6 is 11.3 Å². The van der Waals surface area contributed by atoms with Crippen LogP contribution in [0.5, 0.6) is 0 Å². The fourth-order valence-electron chi connectivity index (χ4n) is 2.25. The van der Waals surface area contributed by atoms with Gasteiger partial charge in [-0.15, -0.1) is 21.6 Å². The molecule has 0 bridgehead atoms. The van der Waals surface area contributed by atoms with E-state index in [0.29, 0.717) is 0 Å². The molecule has 2 aromatic heterocycles. The summed E-state index contributed by atoms with van der Waals surface area (Å²) in [5.74, 6) is 0.907. The molecule has 0 aliphatic heterocycles. The number of rotatable bonds is 5. The van der Waals surface area contributed by atoms with Crippen molar-refractivity contribution in [1.29, 1.82) is 0 Å². The van der Waals surface area contributed by atoms with Gasteiger partial charge in [-0.2, -0.15) is 0 Å². The Bertz CT molecular complexity index is 712. The number of hydrogen-bond acceptors (Lipinski definition) is 3. The van der Waals surface area contributed by atoms with Crippen molar-refractivity contribution in [1.82, 2.24) is 4.57 Å². The molecule has 3 aromatic rings. The second-order valence-electron chi connectivity index (χ2n) is 4.74. The van der Waals surface area contributed by atoms with Crippen LogP contribution in [0.2, 0.25) is 0 Å². The van der Waals surface area contributed by atoms with Crippen LogP contribution in [0, 0.1) is 0 Å². The van der Waals surface area contributed by atoms with Crippen molar-refractivity contribution in [3.63, 3.8) is 0 Å². The van der Waals surface area contributed by atoms with Gasteiger partial charge in [0.05, 0.1) is 16.3 Å². The molecule has 106 valence electrons. The van der Waals surface area contributed by atoms with Gasteiger partial charge in [-0.3, -0.25) is 0 Å². The van der Waals surface area contributed by atoms with E-state index in [9.17, 15) is 0 Å². The molecule has 0 radical (unpaired) electrons. The average Bonchev–Trinajstić information content (AvgIpc) is 3.16. The largest absolute Gasteiger partial charge is 0.324 e. The highest BCUT2D eigenvalue weighted by Gasteiger charge is 2.09. The van der Waals surface area contributed by atoms with Gasteiger partial charge in [0.15, 0.2) is 5.82 Å². The van der Waals surface area contributed by atoms with Crippen molar-refractivity contribution in [2.45, 2.75) is 19.9 Å². The molecule has 3 rings (SSSR count). The van der Waals surface area contributed by atoms with Crippen molar-refractivity contribution >= 4 is 22.8 Å². The van der Waals surface area contributed by atoms with Gasteiger partial charge in [-0.05, 0) is 42.1 Å². The van der Waals surface area contributed by atoms with Crippen LogP contribution in [0.4, 0.5) is 11.5 Å². The maximum Gasteiger partial charge on any atom is 0.155 e. The van der Waals surface area contributed by atoms with E-state index in [2.05, 4.69) is 45.3 Å². The van der Waals surface area contributed by atoms with Crippen molar-refractivity contribution in [2.75, 3.05) is 0 Å². The lowest BCUT2D eigenvalue weighted by atomic mass is 10.3. The van der Waals surface area contributed by atoms with Gasteiger partial charge in [0, 0.05) is 6.54 Å². The van der Waals surface area contributed by atoms with E-state index in [4.69, 9.17) is 0 Å². The van der Waals surface area contributed by atoms with Crippen LogP contribution in [0.25, 0.3) is 10.6 Å². The first-order chi connectivity index (χ1) is 10.4. The van der Waals surface area contributed by atoms with Crippen LogP contribution < -0.4 is 0 Å². The summed E-state index contributed by atoms with van der Waals surface area (Å²) in [6.07, 6.45) is 1.07. The van der Waals surface area contributed by atoms with Gasteiger partial charge in [-0.1, -0.05) is 31.2 Å². The molecule has 0 fully saturated rings. The molecule has 0 amide bonds. The van der Waals surface area contributed by atoms with Crippen molar-refractivity contribution in [3.8, 4) is 10.6 Å². The number of nitrogens with zero attached hydrogens (tertiary/aromatic N) is 3. The maximum absolute atomic E-state index is 4.42. The normalized spacial score (nSPS) is 11.3. The van der Waals surface area contributed by atoms with Gasteiger partial charge in [0.2, 0.25) is 0 Å². The molecule has 2 heterocycles. The van der Waals surface area contributed by atoms with Crippen LogP contribution in [0.3, 0.4) is 0 Å². The summed E-state index contributed by atoms with van der Waals surface area (Å²) >= 11 is 1.75. The van der Waals surface area contributed by atoms with E-state index < -0.39 is 0 Å². The van der Waals surface area contributed by atoms with Crippen LogP contribution in [0.1, 0.15) is 13.3 Å². The average molecular weight is 295 g/mol. The van der Waals surface area contributed by atoms with Crippen molar-refractivity contribution < 1.29 is 0 Å². The Labute approximate surface area is 128 Å². The van der Waals surface area contributed by atoms with Gasteiger partial charge in [-0.25, -0.2) is 0 Å². The third-order valence-electron chi connectivity index (χ3n) is 3.20. The van der Waals surface area contributed by atoms with Gasteiger partial charge >= 0.3 is 0 Å². The summed E-state index contributed by atoms with van der Waals surface area (Å²) in [6.45, 7) is 3.12. The summed E-state index contributed by atoms with van der Waals surface area (Å²) in [5, 5.41) is 10.8. The van der Waals surface area contributed by atoms with Gasteiger partial charge in [0.1, 0.15) is 0 Å². The van der Waals surface area contributed by atoms with Crippen molar-refractivity contribution in [2.24, 2.45) is 10.2 Å². The zero-order chi connectivity index (χ0) is 14.5. The lowest BCUT2D eigenvalue weighted by Gasteiger charge is -2.08. The molecule has 0 unspecified atom stereocenters. The Hall–Kier alpha value is -2.20. The molecule has 3 nitrogen and oxygen atoms in total. The Morgan fingerprint density at radius 3 is 2.52 bits per heavy atom. The van der Waals surface area contributed by atoms with Crippen LogP contribution in [0.15, 0.2) is 70.2 Å². The maximum atomic E-state index is 4.42. The minimum absolute atomic E-state index is 0.874. The molecule has 0 aliphatic carbocycles. The molecular weight excluding hydrogens is 278 g/mol. The number of aromatic nitrogens is 1. The number of thiophene rings is 1. The molecule has 0 spiro atoms. The zero-order valence-electron chi connectivity index (χ0n) is 11.9. The Morgan fingerprint density at radius 2 is 1.81 bits per heavy atom. The first-order valence-electron chi connectivity index (χ1n) is 7.08. The Kier molecular flexibility index (Phi) is 4.26. The summed E-state index contributed by atoms with van der Waals surface area (Å²) in [4.78, 5) is 1.27. The molecule has 0 aliphatic rings. The minimum atomic E-state index is 0.874. The molecule has 21 heavy (non-hydrogen) atoms. The Morgan fingerprint density at radius 1 is 0.952 bits per heavy atom. The Balaban J connectivity index is 1.94. The summed E-state index contributed by atoms with van der Waals surface area (Å²) < 4.78 is 2.23. The third-order valence-corrected chi connectivity index (χ3v) is 4.09.